The van der Waals surface area contributed by atoms with Gasteiger partial charge in [-0.25, -0.2) is 9.02 Å². The Labute approximate surface area is 100 Å². The van der Waals surface area contributed by atoms with E-state index in [1.165, 1.54) is 0 Å². The summed E-state index contributed by atoms with van der Waals surface area (Å²) in [5.41, 5.74) is 0.591. The summed E-state index contributed by atoms with van der Waals surface area (Å²) >= 11 is 0. The number of halogens is 1. The van der Waals surface area contributed by atoms with Gasteiger partial charge in [0.1, 0.15) is 23.8 Å². The highest BCUT2D eigenvalue weighted by molar-refractivity contribution is 5.46. The molecule has 2 aromatic rings. The summed E-state index contributed by atoms with van der Waals surface area (Å²) in [6, 6.07) is 2.98. The van der Waals surface area contributed by atoms with E-state index in [9.17, 15) is 14.5 Å². The number of ether oxygens (including phenoxy) is 1. The molecule has 8 heteroatoms. The van der Waals surface area contributed by atoms with Crippen LogP contribution in [-0.2, 0) is 6.61 Å². The first kappa shape index (κ1) is 12.0. The zero-order valence-electron chi connectivity index (χ0n) is 9.29. The molecule has 1 aromatic heterocycles. The Morgan fingerprint density at radius 2 is 2.28 bits per heavy atom. The van der Waals surface area contributed by atoms with E-state index in [4.69, 9.17) is 4.74 Å². The van der Waals surface area contributed by atoms with Crippen molar-refractivity contribution < 1.29 is 18.7 Å². The average molecular weight is 253 g/mol. The van der Waals surface area contributed by atoms with Crippen LogP contribution in [0.3, 0.4) is 0 Å². The summed E-state index contributed by atoms with van der Waals surface area (Å²) < 4.78 is 22.6. The van der Waals surface area contributed by atoms with E-state index >= 15 is 0 Å². The van der Waals surface area contributed by atoms with E-state index in [1.54, 1.807) is 6.92 Å². The van der Waals surface area contributed by atoms with Crippen molar-refractivity contribution in [2.75, 3.05) is 0 Å². The van der Waals surface area contributed by atoms with Crippen LogP contribution in [0.25, 0.3) is 0 Å². The molecule has 0 aliphatic rings. The van der Waals surface area contributed by atoms with E-state index in [0.717, 1.165) is 18.2 Å². The second-order valence-electron chi connectivity index (χ2n) is 3.45. The second kappa shape index (κ2) is 4.78. The molecule has 0 spiro atoms. The number of nitro groups is 1. The normalized spacial score (nSPS) is 10.3. The Morgan fingerprint density at radius 3 is 2.89 bits per heavy atom. The quantitative estimate of drug-likeness (QED) is 0.611. The third-order valence-corrected chi connectivity index (χ3v) is 2.23. The highest BCUT2D eigenvalue weighted by Crippen LogP contribution is 2.28. The lowest BCUT2D eigenvalue weighted by molar-refractivity contribution is -0.386. The first-order chi connectivity index (χ1) is 8.58. The smallest absolute Gasteiger partial charge is 0.311 e. The van der Waals surface area contributed by atoms with E-state index in [1.807, 2.05) is 0 Å². The zero-order chi connectivity index (χ0) is 13.1. The number of nitrogens with zero attached hydrogens (tertiary/aromatic N) is 3. The van der Waals surface area contributed by atoms with Crippen LogP contribution in [0.4, 0.5) is 10.1 Å². The van der Waals surface area contributed by atoms with Crippen molar-refractivity contribution in [3.8, 4) is 5.75 Å². The third kappa shape index (κ3) is 2.42. The lowest BCUT2D eigenvalue weighted by atomic mass is 10.3. The highest BCUT2D eigenvalue weighted by atomic mass is 19.1. The lowest BCUT2D eigenvalue weighted by Gasteiger charge is -2.04. The maximum absolute atomic E-state index is 13.0. The number of aryl methyl sites for hydroxylation is 1. The monoisotopic (exact) mass is 253 g/mol. The van der Waals surface area contributed by atoms with Gasteiger partial charge in [-0.3, -0.25) is 10.1 Å². The van der Waals surface area contributed by atoms with Crippen molar-refractivity contribution in [1.82, 2.24) is 10.3 Å². The van der Waals surface area contributed by atoms with Crippen LogP contribution < -0.4 is 4.74 Å². The van der Waals surface area contributed by atoms with E-state index in [2.05, 4.69) is 14.9 Å². The SMILES string of the molecule is Cc1nonc1COc1cc(F)ccc1[N+](=O)[O-]. The largest absolute Gasteiger partial charge is 0.480 e. The van der Waals surface area contributed by atoms with Crippen molar-refractivity contribution >= 4 is 5.69 Å². The molecular formula is C10H8FN3O4. The molecule has 2 rings (SSSR count). The van der Waals surface area contributed by atoms with Crippen LogP contribution in [0.5, 0.6) is 5.75 Å². The fourth-order valence-corrected chi connectivity index (χ4v) is 1.28. The standard InChI is InChI=1S/C10H8FN3O4/c1-6-8(13-18-12-6)5-17-10-4-7(11)2-3-9(10)14(15)16/h2-4H,5H2,1H3. The molecular weight excluding hydrogens is 245 g/mol. The minimum Gasteiger partial charge on any atom is -0.480 e. The fraction of sp³-hybridized carbons (Fsp3) is 0.200. The number of nitro benzene ring substituents is 1. The van der Waals surface area contributed by atoms with Gasteiger partial charge < -0.3 is 4.74 Å². The fourth-order valence-electron chi connectivity index (χ4n) is 1.28. The number of rotatable bonds is 4. The molecule has 1 aromatic carbocycles. The first-order valence-corrected chi connectivity index (χ1v) is 4.92. The van der Waals surface area contributed by atoms with Crippen LogP contribution >= 0.6 is 0 Å². The Hall–Kier alpha value is -2.51. The van der Waals surface area contributed by atoms with Gasteiger partial charge in [0.25, 0.3) is 0 Å². The number of benzene rings is 1. The summed E-state index contributed by atoms with van der Waals surface area (Å²) in [5, 5.41) is 17.8. The van der Waals surface area contributed by atoms with Crippen LogP contribution in [-0.4, -0.2) is 15.2 Å². The van der Waals surface area contributed by atoms with Gasteiger partial charge in [0.05, 0.1) is 4.92 Å². The number of aromatic nitrogens is 2. The van der Waals surface area contributed by atoms with Crippen LogP contribution in [0.1, 0.15) is 11.4 Å². The van der Waals surface area contributed by atoms with Gasteiger partial charge >= 0.3 is 5.69 Å². The molecule has 0 N–H and O–H groups in total. The van der Waals surface area contributed by atoms with Crippen molar-refractivity contribution in [2.45, 2.75) is 13.5 Å². The molecule has 0 atom stereocenters. The van der Waals surface area contributed by atoms with Crippen molar-refractivity contribution in [3.05, 3.63) is 45.5 Å². The molecule has 0 aliphatic heterocycles. The Kier molecular flexibility index (Phi) is 3.18. The molecule has 1 heterocycles. The summed E-state index contributed by atoms with van der Waals surface area (Å²) in [4.78, 5) is 10.1. The molecule has 0 bridgehead atoms. The van der Waals surface area contributed by atoms with Gasteiger partial charge in [-0.15, -0.1) is 0 Å². The van der Waals surface area contributed by atoms with Gasteiger partial charge in [-0.1, -0.05) is 10.3 Å². The predicted octanol–water partition coefficient (Wildman–Crippen LogP) is 2.00. The van der Waals surface area contributed by atoms with Crippen molar-refractivity contribution in [1.29, 1.82) is 0 Å². The van der Waals surface area contributed by atoms with E-state index in [-0.39, 0.29) is 18.0 Å². The molecule has 0 aliphatic carbocycles. The number of hydrogen-bond acceptors (Lipinski definition) is 6. The predicted molar refractivity (Wildman–Crippen MR) is 56.4 cm³/mol. The topological polar surface area (TPSA) is 91.3 Å². The molecule has 0 amide bonds. The maximum Gasteiger partial charge on any atom is 0.311 e. The van der Waals surface area contributed by atoms with E-state index < -0.39 is 10.7 Å². The molecule has 0 saturated heterocycles. The highest BCUT2D eigenvalue weighted by Gasteiger charge is 2.17. The molecule has 7 nitrogen and oxygen atoms in total. The summed E-state index contributed by atoms with van der Waals surface area (Å²) in [6.45, 7) is 1.56. The van der Waals surface area contributed by atoms with E-state index in [0.29, 0.717) is 11.4 Å². The third-order valence-electron chi connectivity index (χ3n) is 2.23. The number of hydrogen-bond donors (Lipinski definition) is 0. The van der Waals surface area contributed by atoms with Crippen molar-refractivity contribution in [3.63, 3.8) is 0 Å². The first-order valence-electron chi connectivity index (χ1n) is 4.92. The zero-order valence-corrected chi connectivity index (χ0v) is 9.29. The van der Waals surface area contributed by atoms with Crippen LogP contribution in [0.2, 0.25) is 0 Å². The van der Waals surface area contributed by atoms with Crippen LogP contribution in [0.15, 0.2) is 22.8 Å². The minimum atomic E-state index is -0.650. The summed E-state index contributed by atoms with van der Waals surface area (Å²) in [5.74, 6) is -0.784. The molecule has 0 radical (unpaired) electrons. The summed E-state index contributed by atoms with van der Waals surface area (Å²) in [6.07, 6.45) is 0. The van der Waals surface area contributed by atoms with Gasteiger partial charge in [0.15, 0.2) is 5.75 Å². The van der Waals surface area contributed by atoms with Gasteiger partial charge in [-0.05, 0) is 13.0 Å². The Bertz CT molecular complexity index is 584. The van der Waals surface area contributed by atoms with Gasteiger partial charge in [0.2, 0.25) is 0 Å². The maximum atomic E-state index is 13.0. The van der Waals surface area contributed by atoms with Gasteiger partial charge in [-0.2, -0.15) is 0 Å². The second-order valence-corrected chi connectivity index (χ2v) is 3.45. The molecule has 0 saturated carbocycles. The van der Waals surface area contributed by atoms with Crippen molar-refractivity contribution in [2.24, 2.45) is 0 Å². The molecule has 94 valence electrons. The van der Waals surface area contributed by atoms with Gasteiger partial charge in [0, 0.05) is 12.1 Å². The summed E-state index contributed by atoms with van der Waals surface area (Å²) in [7, 11) is 0. The Balaban J connectivity index is 2.20. The lowest BCUT2D eigenvalue weighted by Crippen LogP contribution is -2.01. The van der Waals surface area contributed by atoms with Crippen LogP contribution in [0, 0.1) is 22.9 Å². The minimum absolute atomic E-state index is 0.0837. The molecule has 0 unspecified atom stereocenters. The average Bonchev–Trinajstić information content (AvgIpc) is 2.72. The molecule has 18 heavy (non-hydrogen) atoms. The molecule has 0 fully saturated rings. The Morgan fingerprint density at radius 1 is 1.50 bits per heavy atom.